The highest BCUT2D eigenvalue weighted by Crippen LogP contribution is 2.29. The summed E-state index contributed by atoms with van der Waals surface area (Å²) in [5, 5.41) is 0. The van der Waals surface area contributed by atoms with E-state index in [2.05, 4.69) is 18.4 Å². The number of allylic oxidation sites excluding steroid dienone is 1. The Morgan fingerprint density at radius 1 is 0.976 bits per heavy atom. The minimum absolute atomic E-state index is 0.0706. The first-order valence-electron chi connectivity index (χ1n) is 14.0. The number of anilines is 1. The number of nitrogens with zero attached hydrogens (tertiary/aromatic N) is 2. The van der Waals surface area contributed by atoms with E-state index >= 15 is 0 Å². The minimum Gasteiger partial charge on any atom is -0.494 e. The predicted molar refractivity (Wildman–Crippen MR) is 156 cm³/mol. The summed E-state index contributed by atoms with van der Waals surface area (Å²) < 4.78 is 66.1. The van der Waals surface area contributed by atoms with Crippen molar-refractivity contribution in [1.82, 2.24) is 4.90 Å². The lowest BCUT2D eigenvalue weighted by Crippen LogP contribution is -2.45. The number of hydrogen-bond acceptors (Lipinski definition) is 4. The summed E-state index contributed by atoms with van der Waals surface area (Å²) in [6, 6.07) is 12.6. The second-order valence-electron chi connectivity index (χ2n) is 10.8. The molecule has 41 heavy (non-hydrogen) atoms. The summed E-state index contributed by atoms with van der Waals surface area (Å²) in [5.41, 5.74) is 3.45. The smallest absolute Gasteiger partial charge is 0.262 e. The van der Waals surface area contributed by atoms with Crippen LogP contribution in [0.4, 0.5) is 23.2 Å². The fourth-order valence-electron chi connectivity index (χ4n) is 4.57. The Morgan fingerprint density at radius 2 is 1.59 bits per heavy atom. The largest absolute Gasteiger partial charge is 0.494 e. The lowest BCUT2D eigenvalue weighted by atomic mass is 10.0. The molecule has 0 N–H and O–H groups in total. The van der Waals surface area contributed by atoms with Gasteiger partial charge in [0.1, 0.15) is 5.75 Å². The molecule has 0 aromatic heterocycles. The van der Waals surface area contributed by atoms with E-state index in [9.17, 15) is 22.4 Å². The van der Waals surface area contributed by atoms with Crippen LogP contribution in [0.25, 0.3) is 0 Å². The number of hydrogen-bond donors (Lipinski definition) is 0. The molecule has 0 aliphatic heterocycles. The van der Waals surface area contributed by atoms with Crippen LogP contribution < -0.4 is 9.64 Å². The molecule has 2 aromatic rings. The standard InChI is InChI=1S/C32H44F4N2O3/c1-8-40-17-16-23(3)20-38(25(5)19-26-10-13-28(14-11-26)41-9-2)29-15-12-27(18-24(29)4)30(39)37(21-31(6,33)34)22-32(7,35)36/h10-15,18,23H,5,8-9,16-17,19-22H2,1-4,6-7H3. The summed E-state index contributed by atoms with van der Waals surface area (Å²) in [7, 11) is 0. The molecule has 0 aliphatic carbocycles. The molecule has 2 rings (SSSR count). The molecule has 0 saturated carbocycles. The van der Waals surface area contributed by atoms with Gasteiger partial charge in [-0.3, -0.25) is 4.79 Å². The molecular formula is C32H44F4N2O3. The maximum atomic E-state index is 13.8. The molecule has 9 heteroatoms. The summed E-state index contributed by atoms with van der Waals surface area (Å²) in [6.45, 7) is 13.7. The molecule has 0 aliphatic rings. The molecule has 228 valence electrons. The fraction of sp³-hybridized carbons (Fsp3) is 0.531. The van der Waals surface area contributed by atoms with Crippen LogP contribution in [0.2, 0.25) is 0 Å². The molecule has 0 heterocycles. The van der Waals surface area contributed by atoms with Gasteiger partial charge in [-0.15, -0.1) is 0 Å². The number of carbonyl (C=O) groups excluding carboxylic acids is 1. The normalized spacial score (nSPS) is 12.6. The van der Waals surface area contributed by atoms with Gasteiger partial charge in [0, 0.05) is 57.0 Å². The first-order chi connectivity index (χ1) is 19.1. The van der Waals surface area contributed by atoms with Gasteiger partial charge >= 0.3 is 0 Å². The van der Waals surface area contributed by atoms with Crippen molar-refractivity contribution in [1.29, 1.82) is 0 Å². The molecule has 0 fully saturated rings. The van der Waals surface area contributed by atoms with Crippen molar-refractivity contribution >= 4 is 11.6 Å². The summed E-state index contributed by atoms with van der Waals surface area (Å²) in [6.07, 6.45) is 1.40. The summed E-state index contributed by atoms with van der Waals surface area (Å²) >= 11 is 0. The fourth-order valence-corrected chi connectivity index (χ4v) is 4.57. The Morgan fingerprint density at radius 3 is 2.10 bits per heavy atom. The van der Waals surface area contributed by atoms with E-state index < -0.39 is 30.8 Å². The number of amides is 1. The van der Waals surface area contributed by atoms with Crippen LogP contribution in [-0.4, -0.2) is 62.1 Å². The first kappa shape index (κ1) is 34.1. The predicted octanol–water partition coefficient (Wildman–Crippen LogP) is 7.77. The third-order valence-electron chi connectivity index (χ3n) is 6.44. The highest BCUT2D eigenvalue weighted by atomic mass is 19.3. The molecule has 5 nitrogen and oxygen atoms in total. The SMILES string of the molecule is C=C(Cc1ccc(OCC)cc1)N(CC(C)CCOCC)c1ccc(C(=O)N(CC(C)(F)F)CC(C)(F)F)cc1C. The van der Waals surface area contributed by atoms with E-state index in [4.69, 9.17) is 9.47 Å². The first-order valence-corrected chi connectivity index (χ1v) is 14.0. The van der Waals surface area contributed by atoms with Crippen molar-refractivity contribution < 1.29 is 31.8 Å². The Balaban J connectivity index is 2.36. The molecule has 2 aromatic carbocycles. The molecule has 0 saturated heterocycles. The highest BCUT2D eigenvalue weighted by molar-refractivity contribution is 5.95. The number of aryl methyl sites for hydroxylation is 1. The topological polar surface area (TPSA) is 42.0 Å². The Kier molecular flexibility index (Phi) is 12.7. The van der Waals surface area contributed by atoms with Gasteiger partial charge in [0.15, 0.2) is 0 Å². The van der Waals surface area contributed by atoms with E-state index in [1.807, 2.05) is 38.1 Å². The van der Waals surface area contributed by atoms with Crippen molar-refractivity contribution in [2.75, 3.05) is 44.4 Å². The van der Waals surface area contributed by atoms with E-state index in [0.29, 0.717) is 57.1 Å². The van der Waals surface area contributed by atoms with Gasteiger partial charge in [0.25, 0.3) is 17.8 Å². The molecule has 0 radical (unpaired) electrons. The average Bonchev–Trinajstić information content (AvgIpc) is 2.86. The van der Waals surface area contributed by atoms with Crippen LogP contribution in [0.5, 0.6) is 5.75 Å². The number of benzene rings is 2. The van der Waals surface area contributed by atoms with Gasteiger partial charge in [0.05, 0.1) is 19.7 Å². The average molecular weight is 581 g/mol. The molecule has 0 spiro atoms. The lowest BCUT2D eigenvalue weighted by molar-refractivity contribution is -0.0488. The zero-order chi connectivity index (χ0) is 30.8. The van der Waals surface area contributed by atoms with Crippen LogP contribution >= 0.6 is 0 Å². The monoisotopic (exact) mass is 580 g/mol. The van der Waals surface area contributed by atoms with Gasteiger partial charge in [-0.25, -0.2) is 17.6 Å². The third kappa shape index (κ3) is 11.7. The number of halogens is 4. The van der Waals surface area contributed by atoms with Crippen LogP contribution in [0.3, 0.4) is 0 Å². The number of ether oxygens (including phenoxy) is 2. The molecule has 0 bridgehead atoms. The third-order valence-corrected chi connectivity index (χ3v) is 6.44. The maximum absolute atomic E-state index is 13.8. The zero-order valence-electron chi connectivity index (χ0n) is 25.1. The van der Waals surface area contributed by atoms with Gasteiger partial charge in [-0.1, -0.05) is 25.6 Å². The van der Waals surface area contributed by atoms with Crippen LogP contribution in [0.1, 0.15) is 62.5 Å². The highest BCUT2D eigenvalue weighted by Gasteiger charge is 2.35. The minimum atomic E-state index is -3.32. The molecule has 1 atom stereocenters. The Bertz CT molecular complexity index is 1110. The van der Waals surface area contributed by atoms with Crippen LogP contribution in [0, 0.1) is 12.8 Å². The van der Waals surface area contributed by atoms with Crippen molar-refractivity contribution in [3.63, 3.8) is 0 Å². The second-order valence-corrected chi connectivity index (χ2v) is 10.8. The van der Waals surface area contributed by atoms with E-state index in [1.54, 1.807) is 19.1 Å². The maximum Gasteiger partial charge on any atom is 0.262 e. The molecule has 1 unspecified atom stereocenters. The van der Waals surface area contributed by atoms with E-state index in [-0.39, 0.29) is 11.5 Å². The quantitative estimate of drug-likeness (QED) is 0.142. The Labute approximate surface area is 242 Å². The van der Waals surface area contributed by atoms with Crippen molar-refractivity contribution in [2.24, 2.45) is 5.92 Å². The Hall–Kier alpha value is -3.07. The number of carbonyl (C=O) groups is 1. The zero-order valence-corrected chi connectivity index (χ0v) is 25.1. The van der Waals surface area contributed by atoms with E-state index in [0.717, 1.165) is 29.1 Å². The van der Waals surface area contributed by atoms with Crippen LogP contribution in [-0.2, 0) is 11.2 Å². The summed E-state index contributed by atoms with van der Waals surface area (Å²) in [5.74, 6) is -6.47. The molecular weight excluding hydrogens is 536 g/mol. The lowest BCUT2D eigenvalue weighted by Gasteiger charge is -2.32. The van der Waals surface area contributed by atoms with Gasteiger partial charge in [0.2, 0.25) is 0 Å². The van der Waals surface area contributed by atoms with Crippen molar-refractivity contribution in [2.45, 2.75) is 66.2 Å². The van der Waals surface area contributed by atoms with Crippen molar-refractivity contribution in [3.8, 4) is 5.75 Å². The van der Waals surface area contributed by atoms with Crippen molar-refractivity contribution in [3.05, 3.63) is 71.4 Å². The summed E-state index contributed by atoms with van der Waals surface area (Å²) in [4.78, 5) is 15.7. The second kappa shape index (κ2) is 15.2. The number of alkyl halides is 4. The molecule has 1 amide bonds. The van der Waals surface area contributed by atoms with E-state index in [1.165, 1.54) is 6.07 Å². The van der Waals surface area contributed by atoms with Gasteiger partial charge < -0.3 is 19.3 Å². The van der Waals surface area contributed by atoms with Gasteiger partial charge in [-0.05, 0) is 74.6 Å². The van der Waals surface area contributed by atoms with Gasteiger partial charge in [-0.2, -0.15) is 0 Å². The number of rotatable bonds is 17. The van der Waals surface area contributed by atoms with Crippen LogP contribution in [0.15, 0.2) is 54.7 Å².